The summed E-state index contributed by atoms with van der Waals surface area (Å²) < 4.78 is 0. The Kier molecular flexibility index (Phi) is 2.16. The molecule has 0 saturated heterocycles. The zero-order valence-electron chi connectivity index (χ0n) is 6.33. The Labute approximate surface area is 83.9 Å². The van der Waals surface area contributed by atoms with E-state index in [4.69, 9.17) is 23.2 Å². The summed E-state index contributed by atoms with van der Waals surface area (Å²) in [4.78, 5) is 7.72. The lowest BCUT2D eigenvalue weighted by molar-refractivity contribution is 1.09. The van der Waals surface area contributed by atoms with E-state index in [9.17, 15) is 0 Å². The molecule has 2 aromatic heterocycles. The molecule has 0 fully saturated rings. The molecule has 0 amide bonds. The zero-order chi connectivity index (χ0) is 9.26. The molecule has 1 N–H and O–H groups in total. The third kappa shape index (κ3) is 1.64. The average molecular weight is 215 g/mol. The van der Waals surface area contributed by atoms with Crippen LogP contribution < -0.4 is 0 Å². The molecule has 0 aliphatic rings. The van der Waals surface area contributed by atoms with Crippen LogP contribution in [0.25, 0.3) is 11.3 Å². The van der Waals surface area contributed by atoms with E-state index in [1.54, 1.807) is 12.4 Å². The first kappa shape index (κ1) is 8.47. The first-order valence-corrected chi connectivity index (χ1v) is 4.20. The Morgan fingerprint density at radius 3 is 2.77 bits per heavy atom. The lowest BCUT2D eigenvalue weighted by Gasteiger charge is -1.98. The van der Waals surface area contributed by atoms with Crippen molar-refractivity contribution < 1.29 is 0 Å². The molecule has 2 aromatic rings. The van der Waals surface area contributed by atoms with Gasteiger partial charge in [0.15, 0.2) is 0 Å². The number of hydrogen-bond acceptors (Lipinski definition) is 3. The van der Waals surface area contributed by atoms with E-state index in [2.05, 4.69) is 20.2 Å². The minimum absolute atomic E-state index is 0.167. The Bertz CT molecular complexity index is 412. The summed E-state index contributed by atoms with van der Waals surface area (Å²) in [5.74, 6) is 0. The van der Waals surface area contributed by atoms with Crippen LogP contribution in [0.4, 0.5) is 0 Å². The van der Waals surface area contributed by atoms with Gasteiger partial charge in [-0.05, 0) is 11.6 Å². The first-order valence-electron chi connectivity index (χ1n) is 3.44. The van der Waals surface area contributed by atoms with Crippen LogP contribution in [-0.4, -0.2) is 20.2 Å². The lowest BCUT2D eigenvalue weighted by Crippen LogP contribution is -1.87. The molecule has 0 unspecified atom stereocenters. The second kappa shape index (κ2) is 3.32. The molecule has 13 heavy (non-hydrogen) atoms. The fourth-order valence-electron chi connectivity index (χ4n) is 0.928. The van der Waals surface area contributed by atoms with Crippen molar-refractivity contribution in [2.45, 2.75) is 0 Å². The molecule has 66 valence electrons. The standard InChI is InChI=1S/C7H4Cl2N4/c8-5-3-10-7(9)13-6(5)4-1-11-12-2-4/h1-3H,(H,11,12). The molecule has 0 aliphatic carbocycles. The van der Waals surface area contributed by atoms with Crippen molar-refractivity contribution in [3.63, 3.8) is 0 Å². The Morgan fingerprint density at radius 1 is 1.23 bits per heavy atom. The van der Waals surface area contributed by atoms with Crippen LogP contribution in [0.15, 0.2) is 18.6 Å². The number of hydrogen-bond donors (Lipinski definition) is 1. The number of rotatable bonds is 1. The number of nitrogens with one attached hydrogen (secondary N) is 1. The van der Waals surface area contributed by atoms with E-state index < -0.39 is 0 Å². The summed E-state index contributed by atoms with van der Waals surface area (Å²) in [5, 5.41) is 7.06. The summed E-state index contributed by atoms with van der Waals surface area (Å²) in [5.41, 5.74) is 1.37. The van der Waals surface area contributed by atoms with Crippen molar-refractivity contribution in [3.8, 4) is 11.3 Å². The molecule has 0 bridgehead atoms. The predicted molar refractivity (Wildman–Crippen MR) is 49.6 cm³/mol. The van der Waals surface area contributed by atoms with Crippen molar-refractivity contribution >= 4 is 23.2 Å². The van der Waals surface area contributed by atoms with Gasteiger partial charge in [-0.1, -0.05) is 11.6 Å². The highest BCUT2D eigenvalue weighted by molar-refractivity contribution is 6.33. The van der Waals surface area contributed by atoms with Crippen LogP contribution >= 0.6 is 23.2 Å². The third-order valence-corrected chi connectivity index (χ3v) is 1.95. The normalized spacial score (nSPS) is 10.3. The van der Waals surface area contributed by atoms with E-state index in [-0.39, 0.29) is 5.28 Å². The highest BCUT2D eigenvalue weighted by Gasteiger charge is 2.07. The second-order valence-electron chi connectivity index (χ2n) is 2.32. The number of aromatic nitrogens is 4. The minimum Gasteiger partial charge on any atom is -0.285 e. The summed E-state index contributed by atoms with van der Waals surface area (Å²) >= 11 is 11.5. The molecule has 0 aromatic carbocycles. The van der Waals surface area contributed by atoms with E-state index >= 15 is 0 Å². The van der Waals surface area contributed by atoms with Gasteiger partial charge in [0.05, 0.1) is 23.1 Å². The van der Waals surface area contributed by atoms with Gasteiger partial charge in [-0.3, -0.25) is 5.10 Å². The van der Waals surface area contributed by atoms with Crippen LogP contribution in [0.3, 0.4) is 0 Å². The molecule has 0 spiro atoms. The number of H-pyrrole nitrogens is 1. The fraction of sp³-hybridized carbons (Fsp3) is 0. The Morgan fingerprint density at radius 2 is 2.08 bits per heavy atom. The van der Waals surface area contributed by atoms with Crippen LogP contribution in [0, 0.1) is 0 Å². The van der Waals surface area contributed by atoms with Gasteiger partial charge >= 0.3 is 0 Å². The summed E-state index contributed by atoms with van der Waals surface area (Å²) in [6.45, 7) is 0. The van der Waals surface area contributed by atoms with Gasteiger partial charge in [0, 0.05) is 11.8 Å². The Hall–Kier alpha value is -1.13. The highest BCUT2D eigenvalue weighted by atomic mass is 35.5. The van der Waals surface area contributed by atoms with Crippen molar-refractivity contribution in [1.29, 1.82) is 0 Å². The van der Waals surface area contributed by atoms with Crippen LogP contribution in [0.5, 0.6) is 0 Å². The molecule has 4 nitrogen and oxygen atoms in total. The van der Waals surface area contributed by atoms with Crippen LogP contribution in [-0.2, 0) is 0 Å². The van der Waals surface area contributed by atoms with Gasteiger partial charge in [0.2, 0.25) is 5.28 Å². The van der Waals surface area contributed by atoms with Crippen molar-refractivity contribution in [1.82, 2.24) is 20.2 Å². The molecule has 0 radical (unpaired) electrons. The third-order valence-electron chi connectivity index (χ3n) is 1.49. The van der Waals surface area contributed by atoms with Crippen molar-refractivity contribution in [2.75, 3.05) is 0 Å². The van der Waals surface area contributed by atoms with E-state index in [1.807, 2.05) is 0 Å². The number of nitrogens with zero attached hydrogens (tertiary/aromatic N) is 3. The highest BCUT2D eigenvalue weighted by Crippen LogP contribution is 2.24. The quantitative estimate of drug-likeness (QED) is 0.741. The van der Waals surface area contributed by atoms with Gasteiger partial charge in [-0.25, -0.2) is 9.97 Å². The topological polar surface area (TPSA) is 54.5 Å². The molecule has 2 rings (SSSR count). The first-order chi connectivity index (χ1) is 6.27. The number of aromatic amines is 1. The largest absolute Gasteiger partial charge is 0.285 e. The molecule has 6 heteroatoms. The summed E-state index contributed by atoms with van der Waals surface area (Å²) in [7, 11) is 0. The summed E-state index contributed by atoms with van der Waals surface area (Å²) in [6, 6.07) is 0. The van der Waals surface area contributed by atoms with Gasteiger partial charge in [0.25, 0.3) is 0 Å². The maximum atomic E-state index is 5.86. The van der Waals surface area contributed by atoms with E-state index in [1.165, 1.54) is 6.20 Å². The monoisotopic (exact) mass is 214 g/mol. The van der Waals surface area contributed by atoms with E-state index in [0.29, 0.717) is 10.7 Å². The maximum Gasteiger partial charge on any atom is 0.222 e. The molecular weight excluding hydrogens is 211 g/mol. The molecule has 0 atom stereocenters. The van der Waals surface area contributed by atoms with Crippen LogP contribution in [0.2, 0.25) is 10.3 Å². The van der Waals surface area contributed by atoms with E-state index in [0.717, 1.165) is 5.56 Å². The van der Waals surface area contributed by atoms with Crippen LogP contribution in [0.1, 0.15) is 0 Å². The zero-order valence-corrected chi connectivity index (χ0v) is 7.84. The molecule has 2 heterocycles. The smallest absolute Gasteiger partial charge is 0.222 e. The molecular formula is C7H4Cl2N4. The second-order valence-corrected chi connectivity index (χ2v) is 3.07. The molecule has 0 saturated carbocycles. The van der Waals surface area contributed by atoms with Crippen molar-refractivity contribution in [3.05, 3.63) is 28.9 Å². The fourth-order valence-corrected chi connectivity index (χ4v) is 1.26. The SMILES string of the molecule is Clc1ncc(Cl)c(-c2cn[nH]c2)n1. The number of halogens is 2. The summed E-state index contributed by atoms with van der Waals surface area (Å²) in [6.07, 6.45) is 4.76. The van der Waals surface area contributed by atoms with Gasteiger partial charge < -0.3 is 0 Å². The molecule has 0 aliphatic heterocycles. The average Bonchev–Trinajstić information content (AvgIpc) is 2.61. The van der Waals surface area contributed by atoms with Gasteiger partial charge in [-0.2, -0.15) is 5.10 Å². The minimum atomic E-state index is 0.167. The van der Waals surface area contributed by atoms with Crippen molar-refractivity contribution in [2.24, 2.45) is 0 Å². The Balaban J connectivity index is 2.57. The lowest BCUT2D eigenvalue weighted by atomic mass is 10.2. The predicted octanol–water partition coefficient (Wildman–Crippen LogP) is 2.17. The maximum absolute atomic E-state index is 5.86. The van der Waals surface area contributed by atoms with Gasteiger partial charge in [-0.15, -0.1) is 0 Å². The van der Waals surface area contributed by atoms with Gasteiger partial charge in [0.1, 0.15) is 0 Å².